The van der Waals surface area contributed by atoms with Gasteiger partial charge in [-0.3, -0.25) is 0 Å². The van der Waals surface area contributed by atoms with Crippen LogP contribution in [-0.4, -0.2) is 16.3 Å². The summed E-state index contributed by atoms with van der Waals surface area (Å²) in [4.78, 5) is 0. The second-order valence-corrected chi connectivity index (χ2v) is 4.87. The van der Waals surface area contributed by atoms with Gasteiger partial charge in [-0.25, -0.2) is 13.5 Å². The van der Waals surface area contributed by atoms with Crippen LogP contribution in [0.3, 0.4) is 0 Å². The molecule has 0 saturated carbocycles. The minimum atomic E-state index is -0.614. The summed E-state index contributed by atoms with van der Waals surface area (Å²) in [7, 11) is 0. The van der Waals surface area contributed by atoms with E-state index in [1.54, 1.807) is 6.20 Å². The van der Waals surface area contributed by atoms with Crippen LogP contribution in [0, 0.1) is 18.6 Å². The number of nitrogens with one attached hydrogen (secondary N) is 1. The largest absolute Gasteiger partial charge is 0.310 e. The van der Waals surface area contributed by atoms with Gasteiger partial charge < -0.3 is 5.32 Å². The van der Waals surface area contributed by atoms with Crippen molar-refractivity contribution in [3.05, 3.63) is 47.3 Å². The molecule has 0 aliphatic heterocycles. The van der Waals surface area contributed by atoms with Crippen LogP contribution in [0.2, 0.25) is 0 Å². The first-order chi connectivity index (χ1) is 9.54. The molecule has 0 amide bonds. The molecule has 0 spiro atoms. The highest BCUT2D eigenvalue weighted by molar-refractivity contribution is 5.37. The molecule has 3 nitrogen and oxygen atoms in total. The van der Waals surface area contributed by atoms with Crippen molar-refractivity contribution in [1.29, 1.82) is 0 Å². The van der Waals surface area contributed by atoms with E-state index in [4.69, 9.17) is 0 Å². The molecule has 0 radical (unpaired) electrons. The van der Waals surface area contributed by atoms with Crippen LogP contribution in [0.25, 0.3) is 5.69 Å². The van der Waals surface area contributed by atoms with E-state index in [0.717, 1.165) is 30.3 Å². The minimum Gasteiger partial charge on any atom is -0.310 e. The zero-order valence-electron chi connectivity index (χ0n) is 12.0. The highest BCUT2D eigenvalue weighted by Crippen LogP contribution is 2.22. The molecule has 5 heteroatoms. The molecule has 0 fully saturated rings. The molecule has 0 aliphatic rings. The summed E-state index contributed by atoms with van der Waals surface area (Å²) in [5.74, 6) is -1.20. The molecular formula is C15H19F2N3. The zero-order chi connectivity index (χ0) is 14.7. The van der Waals surface area contributed by atoms with Gasteiger partial charge in [0.2, 0.25) is 0 Å². The minimum absolute atomic E-state index is 0.146. The molecule has 0 aliphatic carbocycles. The molecule has 2 aromatic rings. The Kier molecular flexibility index (Phi) is 4.49. The number of benzene rings is 1. The lowest BCUT2D eigenvalue weighted by atomic mass is 10.1. The lowest BCUT2D eigenvalue weighted by molar-refractivity contribution is 0.564. The molecule has 1 aromatic carbocycles. The van der Waals surface area contributed by atoms with Crippen molar-refractivity contribution < 1.29 is 8.78 Å². The first kappa shape index (κ1) is 14.7. The third kappa shape index (κ3) is 2.88. The van der Waals surface area contributed by atoms with Crippen LogP contribution < -0.4 is 5.32 Å². The summed E-state index contributed by atoms with van der Waals surface area (Å²) < 4.78 is 28.3. The molecule has 0 saturated heterocycles. The van der Waals surface area contributed by atoms with Crippen LogP contribution in [0.15, 0.2) is 24.4 Å². The lowest BCUT2D eigenvalue weighted by Crippen LogP contribution is -2.19. The van der Waals surface area contributed by atoms with E-state index in [1.807, 2.05) is 13.8 Å². The molecule has 108 valence electrons. The van der Waals surface area contributed by atoms with Crippen molar-refractivity contribution in [3.63, 3.8) is 0 Å². The van der Waals surface area contributed by atoms with Gasteiger partial charge in [-0.05, 0) is 38.9 Å². The standard InChI is InChI=1S/C15H19F2N3/c1-4-7-18-10(2)13-9-19-20(11(13)3)15-6-5-12(16)8-14(15)17/h5-6,8-10,18H,4,7H2,1-3H3. The van der Waals surface area contributed by atoms with E-state index in [0.29, 0.717) is 0 Å². The Balaban J connectivity index is 2.33. The van der Waals surface area contributed by atoms with Crippen LogP contribution in [0.5, 0.6) is 0 Å². The Morgan fingerprint density at radius 1 is 1.35 bits per heavy atom. The number of hydrogen-bond donors (Lipinski definition) is 1. The highest BCUT2D eigenvalue weighted by atomic mass is 19.1. The molecule has 1 unspecified atom stereocenters. The maximum atomic E-state index is 13.8. The predicted octanol–water partition coefficient (Wildman–Crippen LogP) is 3.52. The second kappa shape index (κ2) is 6.13. The number of hydrogen-bond acceptors (Lipinski definition) is 2. The molecule has 1 aromatic heterocycles. The third-order valence-corrected chi connectivity index (χ3v) is 3.35. The topological polar surface area (TPSA) is 29.9 Å². The average Bonchev–Trinajstić information content (AvgIpc) is 2.78. The van der Waals surface area contributed by atoms with Crippen LogP contribution in [0.1, 0.15) is 37.6 Å². The van der Waals surface area contributed by atoms with Gasteiger partial charge in [0.25, 0.3) is 0 Å². The maximum Gasteiger partial charge on any atom is 0.151 e. The summed E-state index contributed by atoms with van der Waals surface area (Å²) >= 11 is 0. The monoisotopic (exact) mass is 279 g/mol. The van der Waals surface area contributed by atoms with Gasteiger partial charge in [0.15, 0.2) is 5.82 Å². The fourth-order valence-corrected chi connectivity index (χ4v) is 2.21. The third-order valence-electron chi connectivity index (χ3n) is 3.35. The lowest BCUT2D eigenvalue weighted by Gasteiger charge is -2.13. The molecule has 0 bridgehead atoms. The number of rotatable bonds is 5. The summed E-state index contributed by atoms with van der Waals surface area (Å²) in [6.07, 6.45) is 2.77. The highest BCUT2D eigenvalue weighted by Gasteiger charge is 2.15. The van der Waals surface area contributed by atoms with Crippen molar-refractivity contribution in [3.8, 4) is 5.69 Å². The predicted molar refractivity (Wildman–Crippen MR) is 74.9 cm³/mol. The van der Waals surface area contributed by atoms with Crippen molar-refractivity contribution in [2.75, 3.05) is 6.54 Å². The molecule has 1 heterocycles. The van der Waals surface area contributed by atoms with Gasteiger partial charge in [-0.1, -0.05) is 6.92 Å². The Morgan fingerprint density at radius 3 is 2.75 bits per heavy atom. The summed E-state index contributed by atoms with van der Waals surface area (Å²) in [5.41, 5.74) is 2.13. The summed E-state index contributed by atoms with van der Waals surface area (Å²) in [5, 5.41) is 7.59. The zero-order valence-corrected chi connectivity index (χ0v) is 12.0. The van der Waals surface area contributed by atoms with Gasteiger partial charge in [0.1, 0.15) is 11.5 Å². The summed E-state index contributed by atoms with van der Waals surface area (Å²) in [6.45, 7) is 6.95. The first-order valence-corrected chi connectivity index (χ1v) is 6.78. The fourth-order valence-electron chi connectivity index (χ4n) is 2.21. The number of aromatic nitrogens is 2. The Bertz CT molecular complexity index is 593. The Hall–Kier alpha value is -1.75. The van der Waals surface area contributed by atoms with Crippen LogP contribution >= 0.6 is 0 Å². The van der Waals surface area contributed by atoms with Crippen molar-refractivity contribution in [1.82, 2.24) is 15.1 Å². The normalized spacial score (nSPS) is 12.7. The molecule has 20 heavy (non-hydrogen) atoms. The van der Waals surface area contributed by atoms with E-state index >= 15 is 0 Å². The van der Waals surface area contributed by atoms with Gasteiger partial charge in [-0.2, -0.15) is 5.10 Å². The quantitative estimate of drug-likeness (QED) is 0.907. The SMILES string of the molecule is CCCNC(C)c1cnn(-c2ccc(F)cc2F)c1C. The van der Waals surface area contributed by atoms with Crippen molar-refractivity contribution >= 4 is 0 Å². The molecule has 2 rings (SSSR count). The van der Waals surface area contributed by atoms with Crippen molar-refractivity contribution in [2.24, 2.45) is 0 Å². The van der Waals surface area contributed by atoms with Gasteiger partial charge in [0, 0.05) is 23.4 Å². The Morgan fingerprint density at radius 2 is 2.10 bits per heavy atom. The summed E-state index contributed by atoms with van der Waals surface area (Å²) in [6, 6.07) is 3.65. The van der Waals surface area contributed by atoms with E-state index in [-0.39, 0.29) is 11.7 Å². The second-order valence-electron chi connectivity index (χ2n) is 4.87. The van der Waals surface area contributed by atoms with E-state index < -0.39 is 11.6 Å². The molecule has 1 atom stereocenters. The average molecular weight is 279 g/mol. The van der Waals surface area contributed by atoms with Gasteiger partial charge in [0.05, 0.1) is 6.20 Å². The van der Waals surface area contributed by atoms with Crippen LogP contribution in [-0.2, 0) is 0 Å². The van der Waals surface area contributed by atoms with E-state index in [2.05, 4.69) is 17.3 Å². The smallest absolute Gasteiger partial charge is 0.151 e. The first-order valence-electron chi connectivity index (χ1n) is 6.78. The van der Waals surface area contributed by atoms with Gasteiger partial charge in [-0.15, -0.1) is 0 Å². The van der Waals surface area contributed by atoms with E-state index in [9.17, 15) is 8.78 Å². The number of nitrogens with zero attached hydrogens (tertiary/aromatic N) is 2. The fraction of sp³-hybridized carbons (Fsp3) is 0.400. The van der Waals surface area contributed by atoms with Crippen LogP contribution in [0.4, 0.5) is 8.78 Å². The number of halogens is 2. The molecular weight excluding hydrogens is 260 g/mol. The maximum absolute atomic E-state index is 13.8. The van der Waals surface area contributed by atoms with Gasteiger partial charge >= 0.3 is 0 Å². The van der Waals surface area contributed by atoms with Crippen molar-refractivity contribution in [2.45, 2.75) is 33.2 Å². The Labute approximate surface area is 117 Å². The van der Waals surface area contributed by atoms with E-state index in [1.165, 1.54) is 16.8 Å². The molecule has 1 N–H and O–H groups in total.